The maximum atomic E-state index is 10.5. The number of aryl methyl sites for hydroxylation is 1. The van der Waals surface area contributed by atoms with Gasteiger partial charge in [0.15, 0.2) is 0 Å². The zero-order chi connectivity index (χ0) is 14.9. The molecule has 1 aliphatic carbocycles. The number of rotatable bonds is 2. The highest BCUT2D eigenvalue weighted by atomic mass is 16.3. The van der Waals surface area contributed by atoms with E-state index in [0.29, 0.717) is 0 Å². The molecule has 2 heteroatoms. The molecule has 1 aromatic heterocycles. The van der Waals surface area contributed by atoms with Crippen LogP contribution in [-0.4, -0.2) is 10.1 Å². The van der Waals surface area contributed by atoms with Crippen LogP contribution in [-0.2, 0) is 12.8 Å². The quantitative estimate of drug-likeness (QED) is 0.767. The molecule has 4 rings (SSSR count). The van der Waals surface area contributed by atoms with Crippen molar-refractivity contribution in [3.05, 3.63) is 77.0 Å². The van der Waals surface area contributed by atoms with Gasteiger partial charge in [0.1, 0.15) is 0 Å². The van der Waals surface area contributed by atoms with E-state index < -0.39 is 0 Å². The molecule has 0 fully saturated rings. The summed E-state index contributed by atoms with van der Waals surface area (Å²) in [5.74, 6) is 0. The van der Waals surface area contributed by atoms with Crippen LogP contribution in [0.15, 0.2) is 54.6 Å². The molecule has 1 aliphatic rings. The standard InChI is InChI=1S/C20H19NO/c22-19-12-6-11-18-20(19)16(13-14-7-2-1-3-8-14)15-9-4-5-10-17(15)21-18/h1-5,7-10,19,22H,6,11-13H2. The van der Waals surface area contributed by atoms with E-state index in [1.165, 1.54) is 16.5 Å². The highest BCUT2D eigenvalue weighted by Crippen LogP contribution is 2.36. The second kappa shape index (κ2) is 5.54. The Hall–Kier alpha value is -2.19. The molecular weight excluding hydrogens is 270 g/mol. The van der Waals surface area contributed by atoms with Crippen molar-refractivity contribution in [3.63, 3.8) is 0 Å². The first-order valence-electron chi connectivity index (χ1n) is 7.95. The van der Waals surface area contributed by atoms with Crippen molar-refractivity contribution in [2.45, 2.75) is 31.8 Å². The zero-order valence-electron chi connectivity index (χ0n) is 12.5. The smallest absolute Gasteiger partial charge is 0.0810 e. The van der Waals surface area contributed by atoms with Crippen LogP contribution in [0.1, 0.15) is 41.3 Å². The van der Waals surface area contributed by atoms with Crippen LogP contribution in [0.2, 0.25) is 0 Å². The first-order valence-corrected chi connectivity index (χ1v) is 7.95. The Morgan fingerprint density at radius 2 is 1.77 bits per heavy atom. The van der Waals surface area contributed by atoms with Gasteiger partial charge in [0.05, 0.1) is 11.6 Å². The van der Waals surface area contributed by atoms with Crippen LogP contribution >= 0.6 is 0 Å². The molecule has 0 aliphatic heterocycles. The van der Waals surface area contributed by atoms with Crippen molar-refractivity contribution in [1.82, 2.24) is 4.98 Å². The topological polar surface area (TPSA) is 33.1 Å². The van der Waals surface area contributed by atoms with E-state index in [9.17, 15) is 5.11 Å². The van der Waals surface area contributed by atoms with Gasteiger partial charge in [0, 0.05) is 16.6 Å². The second-order valence-electron chi connectivity index (χ2n) is 6.04. The Balaban J connectivity index is 1.95. The van der Waals surface area contributed by atoms with Gasteiger partial charge in [-0.25, -0.2) is 0 Å². The number of para-hydroxylation sites is 1. The predicted octanol–water partition coefficient (Wildman–Crippen LogP) is 4.20. The van der Waals surface area contributed by atoms with Gasteiger partial charge in [-0.05, 0) is 42.9 Å². The van der Waals surface area contributed by atoms with Crippen LogP contribution in [0, 0.1) is 0 Å². The van der Waals surface area contributed by atoms with Gasteiger partial charge in [0.2, 0.25) is 0 Å². The number of benzene rings is 2. The molecule has 1 atom stereocenters. The van der Waals surface area contributed by atoms with E-state index in [-0.39, 0.29) is 6.10 Å². The van der Waals surface area contributed by atoms with E-state index in [4.69, 9.17) is 4.98 Å². The number of fused-ring (bicyclic) bond motifs is 2. The lowest BCUT2D eigenvalue weighted by molar-refractivity contribution is 0.155. The number of nitrogens with zero attached hydrogens (tertiary/aromatic N) is 1. The maximum absolute atomic E-state index is 10.5. The molecule has 2 nitrogen and oxygen atoms in total. The van der Waals surface area contributed by atoms with E-state index >= 15 is 0 Å². The first kappa shape index (κ1) is 13.5. The van der Waals surface area contributed by atoms with E-state index in [1.54, 1.807) is 0 Å². The first-order chi connectivity index (χ1) is 10.8. The number of hydrogen-bond acceptors (Lipinski definition) is 2. The van der Waals surface area contributed by atoms with Crippen molar-refractivity contribution in [3.8, 4) is 0 Å². The minimum Gasteiger partial charge on any atom is -0.388 e. The molecule has 0 spiro atoms. The fourth-order valence-electron chi connectivity index (χ4n) is 3.53. The average molecular weight is 289 g/mol. The fraction of sp³-hybridized carbons (Fsp3) is 0.250. The van der Waals surface area contributed by atoms with Crippen molar-refractivity contribution in [1.29, 1.82) is 0 Å². The third-order valence-electron chi connectivity index (χ3n) is 4.57. The normalized spacial score (nSPS) is 17.4. The Bertz CT molecular complexity index is 811. The Labute approximate surface area is 130 Å². The molecule has 0 amide bonds. The number of aromatic nitrogens is 1. The maximum Gasteiger partial charge on any atom is 0.0810 e. The fourth-order valence-corrected chi connectivity index (χ4v) is 3.53. The molecule has 22 heavy (non-hydrogen) atoms. The van der Waals surface area contributed by atoms with Crippen molar-refractivity contribution < 1.29 is 5.11 Å². The van der Waals surface area contributed by atoms with Gasteiger partial charge in [-0.2, -0.15) is 0 Å². The van der Waals surface area contributed by atoms with Crippen LogP contribution < -0.4 is 0 Å². The van der Waals surface area contributed by atoms with E-state index in [0.717, 1.165) is 42.5 Å². The van der Waals surface area contributed by atoms with Gasteiger partial charge < -0.3 is 5.11 Å². The number of pyridine rings is 1. The van der Waals surface area contributed by atoms with Gasteiger partial charge in [0.25, 0.3) is 0 Å². The molecule has 1 N–H and O–H groups in total. The SMILES string of the molecule is OC1CCCc2nc3ccccc3c(Cc3ccccc3)c21. The van der Waals surface area contributed by atoms with Crippen LogP contribution in [0.3, 0.4) is 0 Å². The molecule has 1 heterocycles. The second-order valence-corrected chi connectivity index (χ2v) is 6.04. The number of hydrogen-bond donors (Lipinski definition) is 1. The Kier molecular flexibility index (Phi) is 3.39. The molecule has 0 saturated heterocycles. The highest BCUT2D eigenvalue weighted by Gasteiger charge is 2.24. The summed E-state index contributed by atoms with van der Waals surface area (Å²) >= 11 is 0. The summed E-state index contributed by atoms with van der Waals surface area (Å²) in [6.45, 7) is 0. The zero-order valence-corrected chi connectivity index (χ0v) is 12.5. The van der Waals surface area contributed by atoms with E-state index in [2.05, 4.69) is 42.5 Å². The molecule has 0 saturated carbocycles. The molecule has 3 aromatic rings. The summed E-state index contributed by atoms with van der Waals surface area (Å²) in [5.41, 5.74) is 5.73. The largest absolute Gasteiger partial charge is 0.388 e. The van der Waals surface area contributed by atoms with Gasteiger partial charge >= 0.3 is 0 Å². The molecule has 2 aromatic carbocycles. The lowest BCUT2D eigenvalue weighted by Crippen LogP contribution is -2.15. The molecule has 110 valence electrons. The van der Waals surface area contributed by atoms with Gasteiger partial charge in [-0.15, -0.1) is 0 Å². The highest BCUT2D eigenvalue weighted by molar-refractivity contribution is 5.84. The van der Waals surface area contributed by atoms with Crippen LogP contribution in [0.25, 0.3) is 10.9 Å². The lowest BCUT2D eigenvalue weighted by Gasteiger charge is -2.25. The predicted molar refractivity (Wildman–Crippen MR) is 88.9 cm³/mol. The molecule has 0 bridgehead atoms. The summed E-state index contributed by atoms with van der Waals surface area (Å²) in [6.07, 6.45) is 3.31. The van der Waals surface area contributed by atoms with Crippen molar-refractivity contribution >= 4 is 10.9 Å². The van der Waals surface area contributed by atoms with Gasteiger partial charge in [-0.3, -0.25) is 4.98 Å². The minimum atomic E-state index is -0.375. The molecule has 0 radical (unpaired) electrons. The van der Waals surface area contributed by atoms with E-state index in [1.807, 2.05) is 12.1 Å². The molecule has 1 unspecified atom stereocenters. The third kappa shape index (κ3) is 2.30. The number of aliphatic hydroxyl groups excluding tert-OH is 1. The minimum absolute atomic E-state index is 0.375. The monoisotopic (exact) mass is 289 g/mol. The van der Waals surface area contributed by atoms with Crippen molar-refractivity contribution in [2.75, 3.05) is 0 Å². The van der Waals surface area contributed by atoms with Crippen molar-refractivity contribution in [2.24, 2.45) is 0 Å². The Morgan fingerprint density at radius 1 is 1.00 bits per heavy atom. The number of aliphatic hydroxyl groups is 1. The summed E-state index contributed by atoms with van der Waals surface area (Å²) < 4.78 is 0. The molecular formula is C20H19NO. The van der Waals surface area contributed by atoms with Crippen LogP contribution in [0.5, 0.6) is 0 Å². The van der Waals surface area contributed by atoms with Gasteiger partial charge in [-0.1, -0.05) is 48.5 Å². The lowest BCUT2D eigenvalue weighted by atomic mass is 9.85. The summed E-state index contributed by atoms with van der Waals surface area (Å²) in [6, 6.07) is 18.8. The van der Waals surface area contributed by atoms with Crippen LogP contribution in [0.4, 0.5) is 0 Å². The summed E-state index contributed by atoms with van der Waals surface area (Å²) in [4.78, 5) is 4.81. The average Bonchev–Trinajstić information content (AvgIpc) is 2.56. The summed E-state index contributed by atoms with van der Waals surface area (Å²) in [5, 5.41) is 11.7. The summed E-state index contributed by atoms with van der Waals surface area (Å²) in [7, 11) is 0. The third-order valence-corrected chi connectivity index (χ3v) is 4.57. The Morgan fingerprint density at radius 3 is 2.64 bits per heavy atom.